The van der Waals surface area contributed by atoms with E-state index in [2.05, 4.69) is 41.1 Å². The molecule has 0 bridgehead atoms. The van der Waals surface area contributed by atoms with E-state index in [0.717, 1.165) is 22.5 Å². The van der Waals surface area contributed by atoms with Crippen LogP contribution in [0.2, 0.25) is 0 Å². The molecule has 17 heteroatoms. The third kappa shape index (κ3) is 9.76. The summed E-state index contributed by atoms with van der Waals surface area (Å²) in [6.07, 6.45) is 4.40. The Bertz CT molecular complexity index is 2510. The van der Waals surface area contributed by atoms with E-state index in [1.54, 1.807) is 48.5 Å². The maximum atomic E-state index is 14.4. The van der Waals surface area contributed by atoms with Gasteiger partial charge in [-0.15, -0.1) is 0 Å². The molecule has 3 saturated heterocycles. The SMILES string of the molecule is COc1cc(N2CCC3(CCC(C(=O)N[C@H](C(=O)N4C[C@H](O)C[C@H]4C(=O)N[C@@H](C)c4ccc(-c5ccnn5C)cc4)C(C)(C)C)O3)CC2)ccc1NC(=O)c1cccc(-c2ccn[nH]2)n1. The fourth-order valence-electron chi connectivity index (χ4n) is 9.16. The molecule has 1 unspecified atom stereocenters. The first-order valence-electron chi connectivity index (χ1n) is 22.2. The van der Waals surface area contributed by atoms with Gasteiger partial charge in [-0.1, -0.05) is 51.1 Å². The van der Waals surface area contributed by atoms with Gasteiger partial charge in [-0.3, -0.25) is 29.0 Å². The second-order valence-corrected chi connectivity index (χ2v) is 18.4. The third-order valence-corrected chi connectivity index (χ3v) is 12.9. The number of benzene rings is 2. The Labute approximate surface area is 378 Å². The van der Waals surface area contributed by atoms with Crippen molar-refractivity contribution >= 4 is 35.0 Å². The number of aromatic amines is 1. The number of carbonyl (C=O) groups excluding carboxylic acids is 4. The predicted molar refractivity (Wildman–Crippen MR) is 244 cm³/mol. The first-order chi connectivity index (χ1) is 31.1. The molecule has 17 nitrogen and oxygen atoms in total. The molecule has 5 N–H and O–H groups in total. The zero-order chi connectivity index (χ0) is 46.0. The zero-order valence-corrected chi connectivity index (χ0v) is 37.7. The Kier molecular flexibility index (Phi) is 12.8. The normalized spacial score (nSPS) is 20.3. The largest absolute Gasteiger partial charge is 0.494 e. The molecule has 0 saturated carbocycles. The lowest BCUT2D eigenvalue weighted by Gasteiger charge is -2.40. The van der Waals surface area contributed by atoms with Crippen LogP contribution in [0.4, 0.5) is 11.4 Å². The maximum absolute atomic E-state index is 14.4. The molecule has 4 amide bonds. The molecule has 6 heterocycles. The van der Waals surface area contributed by atoms with Gasteiger partial charge in [0.05, 0.1) is 47.6 Å². The number of pyridine rings is 1. The van der Waals surface area contributed by atoms with Gasteiger partial charge in [-0.05, 0) is 85.5 Å². The van der Waals surface area contributed by atoms with Gasteiger partial charge in [-0.2, -0.15) is 10.2 Å². The van der Waals surface area contributed by atoms with E-state index in [1.807, 2.05) is 83.3 Å². The maximum Gasteiger partial charge on any atom is 0.274 e. The van der Waals surface area contributed by atoms with Crippen LogP contribution in [0.25, 0.3) is 22.6 Å². The number of hydrogen-bond donors (Lipinski definition) is 5. The molecule has 3 aliphatic rings. The van der Waals surface area contributed by atoms with Gasteiger partial charge in [0.1, 0.15) is 29.6 Å². The summed E-state index contributed by atoms with van der Waals surface area (Å²) in [6, 6.07) is 20.2. The summed E-state index contributed by atoms with van der Waals surface area (Å²) >= 11 is 0. The summed E-state index contributed by atoms with van der Waals surface area (Å²) in [7, 11) is 3.44. The Morgan fingerprint density at radius 1 is 0.954 bits per heavy atom. The van der Waals surface area contributed by atoms with Gasteiger partial charge in [0.25, 0.3) is 5.91 Å². The molecular formula is C48H58N10O7. The van der Waals surface area contributed by atoms with E-state index in [-0.39, 0.29) is 42.4 Å². The molecule has 342 valence electrons. The van der Waals surface area contributed by atoms with Gasteiger partial charge in [0.15, 0.2) is 0 Å². The summed E-state index contributed by atoms with van der Waals surface area (Å²) in [5.74, 6) is -1.03. The van der Waals surface area contributed by atoms with Gasteiger partial charge in [0.2, 0.25) is 17.7 Å². The first kappa shape index (κ1) is 45.0. The van der Waals surface area contributed by atoms with Gasteiger partial charge in [0, 0.05) is 57.3 Å². The van der Waals surface area contributed by atoms with E-state index in [1.165, 1.54) is 4.90 Å². The lowest BCUT2D eigenvalue weighted by Crippen LogP contribution is -2.59. The van der Waals surface area contributed by atoms with E-state index < -0.39 is 41.2 Å². The number of β-amino-alcohol motifs (C(OH)–C–C–N with tert-alkyl or cyclic N) is 1. The highest BCUT2D eigenvalue weighted by Crippen LogP contribution is 2.41. The number of piperidine rings is 1. The first-order valence-corrected chi connectivity index (χ1v) is 22.2. The highest BCUT2D eigenvalue weighted by molar-refractivity contribution is 6.04. The number of amides is 4. The second kappa shape index (κ2) is 18.5. The molecule has 5 aromatic rings. The van der Waals surface area contributed by atoms with Crippen molar-refractivity contribution in [3.63, 3.8) is 0 Å². The van der Waals surface area contributed by atoms with Crippen molar-refractivity contribution in [2.75, 3.05) is 37.0 Å². The molecule has 3 fully saturated rings. The summed E-state index contributed by atoms with van der Waals surface area (Å²) in [5.41, 5.74) is 4.64. The van der Waals surface area contributed by atoms with Crippen molar-refractivity contribution in [3.05, 3.63) is 96.4 Å². The molecule has 5 atom stereocenters. The van der Waals surface area contributed by atoms with Crippen LogP contribution in [0.3, 0.4) is 0 Å². The quantitative estimate of drug-likeness (QED) is 0.112. The number of likely N-dealkylation sites (tertiary alicyclic amines) is 1. The van der Waals surface area contributed by atoms with Crippen molar-refractivity contribution in [1.82, 2.24) is 40.5 Å². The number of methoxy groups -OCH3 is 1. The lowest BCUT2D eigenvalue weighted by molar-refractivity contribution is -0.148. The molecular weight excluding hydrogens is 829 g/mol. The topological polar surface area (TPSA) is 209 Å². The Morgan fingerprint density at radius 2 is 1.72 bits per heavy atom. The minimum Gasteiger partial charge on any atom is -0.494 e. The molecule has 0 aliphatic carbocycles. The van der Waals surface area contributed by atoms with Crippen molar-refractivity contribution in [3.8, 4) is 28.4 Å². The van der Waals surface area contributed by atoms with E-state index in [9.17, 15) is 24.3 Å². The van der Waals surface area contributed by atoms with E-state index >= 15 is 0 Å². The summed E-state index contributed by atoms with van der Waals surface area (Å²) in [5, 5.41) is 30.8. The van der Waals surface area contributed by atoms with Crippen molar-refractivity contribution in [1.29, 1.82) is 0 Å². The van der Waals surface area contributed by atoms with Crippen LogP contribution in [0.5, 0.6) is 5.75 Å². The third-order valence-electron chi connectivity index (χ3n) is 12.9. The number of rotatable bonds is 12. The standard InChI is InChI=1S/C48H58N10O7/c1-29(30-10-12-31(13-11-30)38-18-23-50-56(38)5)51-44(61)39-27-33(59)28-58(39)46(63)42(47(2,3)4)54-45(62)40-16-19-48(65-40)20-24-57(25-21-48)32-14-15-36(41(26-32)64-6)53-43(60)37-9-7-8-34(52-37)35-17-22-49-55-35/h7-15,17-18,22-23,26,29,33,39-40,42,59H,16,19-21,24-25,27-28H2,1-6H3,(H,49,55)(H,51,61)(H,53,60)(H,54,62)/t29-,33+,39-,40?,42+/m0/s1. The Hall–Kier alpha value is -6.59. The van der Waals surface area contributed by atoms with Crippen molar-refractivity contribution in [2.45, 2.75) is 95.7 Å². The number of ether oxygens (including phenoxy) is 2. The van der Waals surface area contributed by atoms with Crippen LogP contribution in [0.15, 0.2) is 85.2 Å². The smallest absolute Gasteiger partial charge is 0.274 e. The molecule has 1 spiro atoms. The number of nitrogens with zero attached hydrogens (tertiary/aromatic N) is 6. The number of hydrogen-bond acceptors (Lipinski definition) is 11. The van der Waals surface area contributed by atoms with Gasteiger partial charge < -0.3 is 40.3 Å². The van der Waals surface area contributed by atoms with E-state index in [4.69, 9.17) is 9.47 Å². The van der Waals surface area contributed by atoms with Crippen LogP contribution in [0, 0.1) is 5.41 Å². The van der Waals surface area contributed by atoms with Crippen LogP contribution in [-0.4, -0.2) is 115 Å². The van der Waals surface area contributed by atoms with Gasteiger partial charge >= 0.3 is 0 Å². The lowest BCUT2D eigenvalue weighted by atomic mass is 9.85. The molecule has 0 radical (unpaired) electrons. The number of nitrogens with one attached hydrogen (secondary N) is 4. The Morgan fingerprint density at radius 3 is 2.40 bits per heavy atom. The highest BCUT2D eigenvalue weighted by atomic mass is 16.5. The van der Waals surface area contributed by atoms with Crippen molar-refractivity contribution in [2.24, 2.45) is 12.5 Å². The number of aromatic nitrogens is 5. The number of anilines is 2. The monoisotopic (exact) mass is 886 g/mol. The zero-order valence-electron chi connectivity index (χ0n) is 37.7. The average molecular weight is 887 g/mol. The molecule has 3 aromatic heterocycles. The van der Waals surface area contributed by atoms with Gasteiger partial charge in [-0.25, -0.2) is 4.98 Å². The van der Waals surface area contributed by atoms with Crippen LogP contribution < -0.4 is 25.6 Å². The average Bonchev–Trinajstić information content (AvgIpc) is 4.14. The summed E-state index contributed by atoms with van der Waals surface area (Å²) < 4.78 is 14.1. The number of aliphatic hydroxyl groups is 1. The second-order valence-electron chi connectivity index (χ2n) is 18.4. The summed E-state index contributed by atoms with van der Waals surface area (Å²) in [6.45, 7) is 8.82. The predicted octanol–water partition coefficient (Wildman–Crippen LogP) is 5.02. The molecule has 3 aliphatic heterocycles. The van der Waals surface area contributed by atoms with Crippen LogP contribution in [-0.2, 0) is 26.2 Å². The van der Waals surface area contributed by atoms with Crippen LogP contribution in [0.1, 0.15) is 81.9 Å². The number of aliphatic hydroxyl groups excluding tert-OH is 1. The van der Waals surface area contributed by atoms with Crippen LogP contribution >= 0.6 is 0 Å². The minimum absolute atomic E-state index is 0.0187. The molecule has 2 aromatic carbocycles. The fourth-order valence-corrected chi connectivity index (χ4v) is 9.16. The fraction of sp³-hybridized carbons (Fsp3) is 0.438. The van der Waals surface area contributed by atoms with E-state index in [0.29, 0.717) is 61.6 Å². The highest BCUT2D eigenvalue weighted by Gasteiger charge is 2.48. The van der Waals surface area contributed by atoms with Crippen molar-refractivity contribution < 1.29 is 33.8 Å². The number of carbonyl (C=O) groups is 4. The minimum atomic E-state index is -0.972. The molecule has 8 rings (SSSR count). The molecule has 65 heavy (non-hydrogen) atoms. The summed E-state index contributed by atoms with van der Waals surface area (Å²) in [4.78, 5) is 63.5. The number of aryl methyl sites for hydroxylation is 1. The Balaban J connectivity index is 0.857. The number of H-pyrrole nitrogens is 1.